The van der Waals surface area contributed by atoms with Crippen LogP contribution in [0.2, 0.25) is 10.0 Å². The van der Waals surface area contributed by atoms with Crippen molar-refractivity contribution in [3.8, 4) is 5.75 Å². The lowest BCUT2D eigenvalue weighted by atomic mass is 9.63. The van der Waals surface area contributed by atoms with Crippen molar-refractivity contribution in [2.24, 2.45) is 35.5 Å². The third kappa shape index (κ3) is 2.95. The van der Waals surface area contributed by atoms with E-state index in [9.17, 15) is 14.4 Å². The van der Waals surface area contributed by atoms with Crippen molar-refractivity contribution in [3.63, 3.8) is 0 Å². The molecule has 6 atom stereocenters. The molecule has 0 radical (unpaired) electrons. The highest BCUT2D eigenvalue weighted by Crippen LogP contribution is 2.65. The molecule has 1 heterocycles. The maximum Gasteiger partial charge on any atom is 0.238 e. The van der Waals surface area contributed by atoms with Crippen molar-refractivity contribution in [3.05, 3.63) is 70.2 Å². The van der Waals surface area contributed by atoms with Gasteiger partial charge in [0, 0.05) is 10.6 Å². The number of carbonyl (C=O) groups excluding carboxylic acids is 3. The van der Waals surface area contributed by atoms with E-state index < -0.39 is 0 Å². The van der Waals surface area contributed by atoms with Crippen LogP contribution in [0.1, 0.15) is 16.8 Å². The first kappa shape index (κ1) is 20.0. The summed E-state index contributed by atoms with van der Waals surface area (Å²) in [7, 11) is 0. The fourth-order valence-corrected chi connectivity index (χ4v) is 6.24. The molecule has 1 saturated heterocycles. The first-order valence-electron chi connectivity index (χ1n) is 10.7. The molecule has 5 aliphatic rings. The summed E-state index contributed by atoms with van der Waals surface area (Å²) in [6.07, 6.45) is 5.46. The third-order valence-electron chi connectivity index (χ3n) is 7.36. The van der Waals surface area contributed by atoms with Crippen LogP contribution in [0.25, 0.3) is 0 Å². The van der Waals surface area contributed by atoms with E-state index in [-0.39, 0.29) is 47.9 Å². The van der Waals surface area contributed by atoms with Crippen LogP contribution in [0.15, 0.2) is 54.6 Å². The molecule has 6 unspecified atom stereocenters. The Morgan fingerprint density at radius 2 is 1.56 bits per heavy atom. The SMILES string of the molecule is O=C(COc1ccc(N2C(=O)C3C4C=CC(C5CC45)C3C2=O)cc1)c1cc(Cl)ccc1Cl. The largest absolute Gasteiger partial charge is 0.485 e. The molecular weight excluding hydrogens is 449 g/mol. The van der Waals surface area contributed by atoms with Crippen molar-refractivity contribution in [2.75, 3.05) is 11.5 Å². The molecule has 2 bridgehead atoms. The number of imide groups is 1. The molecule has 7 heteroatoms. The van der Waals surface area contributed by atoms with E-state index in [1.54, 1.807) is 36.4 Å². The van der Waals surface area contributed by atoms with Crippen molar-refractivity contribution in [1.82, 2.24) is 0 Å². The third-order valence-corrected chi connectivity index (χ3v) is 7.92. The Kier molecular flexibility index (Phi) is 4.50. The minimum Gasteiger partial charge on any atom is -0.485 e. The molecule has 2 aromatic rings. The molecule has 32 heavy (non-hydrogen) atoms. The molecule has 162 valence electrons. The summed E-state index contributed by atoms with van der Waals surface area (Å²) in [5.74, 6) is 1.07. The van der Waals surface area contributed by atoms with Crippen LogP contribution in [0.4, 0.5) is 5.69 Å². The Hall–Kier alpha value is -2.63. The minimum atomic E-state index is -0.294. The number of ketones is 1. The van der Waals surface area contributed by atoms with E-state index in [0.29, 0.717) is 38.9 Å². The van der Waals surface area contributed by atoms with Crippen molar-refractivity contribution >= 4 is 46.5 Å². The summed E-state index contributed by atoms with van der Waals surface area (Å²) < 4.78 is 5.60. The zero-order valence-electron chi connectivity index (χ0n) is 16.9. The van der Waals surface area contributed by atoms with Crippen molar-refractivity contribution in [2.45, 2.75) is 6.42 Å². The lowest BCUT2D eigenvalue weighted by Gasteiger charge is -2.37. The molecule has 4 aliphatic carbocycles. The first-order valence-corrected chi connectivity index (χ1v) is 11.5. The zero-order valence-corrected chi connectivity index (χ0v) is 18.4. The molecule has 1 aliphatic heterocycles. The second-order valence-corrected chi connectivity index (χ2v) is 9.84. The number of ether oxygens (including phenoxy) is 1. The zero-order chi connectivity index (χ0) is 22.1. The van der Waals surface area contributed by atoms with Crippen molar-refractivity contribution in [1.29, 1.82) is 0 Å². The van der Waals surface area contributed by atoms with Gasteiger partial charge in [0.05, 0.1) is 22.5 Å². The number of Topliss-reactive ketones (excluding diaryl/α,β-unsaturated/α-hetero) is 1. The topological polar surface area (TPSA) is 63.7 Å². The van der Waals surface area contributed by atoms with Gasteiger partial charge in [-0.15, -0.1) is 0 Å². The number of amides is 2. The van der Waals surface area contributed by atoms with E-state index in [0.717, 1.165) is 6.42 Å². The second-order valence-electron chi connectivity index (χ2n) is 9.00. The van der Waals surface area contributed by atoms with Gasteiger partial charge < -0.3 is 4.74 Å². The smallest absolute Gasteiger partial charge is 0.238 e. The fraction of sp³-hybridized carbons (Fsp3) is 0.320. The maximum absolute atomic E-state index is 13.2. The number of hydrogen-bond acceptors (Lipinski definition) is 4. The number of carbonyl (C=O) groups is 3. The minimum absolute atomic E-state index is 0.0934. The van der Waals surface area contributed by atoms with Crippen LogP contribution in [0.5, 0.6) is 5.75 Å². The first-order chi connectivity index (χ1) is 15.4. The van der Waals surface area contributed by atoms with Gasteiger partial charge in [0.15, 0.2) is 6.61 Å². The molecule has 0 spiro atoms. The van der Waals surface area contributed by atoms with Gasteiger partial charge in [-0.25, -0.2) is 0 Å². The van der Waals surface area contributed by atoms with E-state index in [1.165, 1.54) is 11.0 Å². The number of rotatable bonds is 5. The van der Waals surface area contributed by atoms with Crippen LogP contribution in [0, 0.1) is 35.5 Å². The lowest BCUT2D eigenvalue weighted by molar-refractivity contribution is -0.124. The van der Waals surface area contributed by atoms with E-state index in [1.807, 2.05) is 0 Å². The van der Waals surface area contributed by atoms with Crippen molar-refractivity contribution < 1.29 is 19.1 Å². The predicted molar refractivity (Wildman–Crippen MR) is 120 cm³/mol. The Labute approximate surface area is 194 Å². The molecule has 2 amide bonds. The average molecular weight is 468 g/mol. The quantitative estimate of drug-likeness (QED) is 0.359. The lowest BCUT2D eigenvalue weighted by Crippen LogP contribution is -2.40. The van der Waals surface area contributed by atoms with Crippen LogP contribution < -0.4 is 9.64 Å². The van der Waals surface area contributed by atoms with Crippen LogP contribution in [-0.4, -0.2) is 24.2 Å². The molecule has 2 saturated carbocycles. The van der Waals surface area contributed by atoms with E-state index >= 15 is 0 Å². The predicted octanol–water partition coefficient (Wildman–Crippen LogP) is 4.81. The fourth-order valence-electron chi connectivity index (χ4n) is 5.84. The number of allylic oxidation sites excluding steroid dienone is 2. The number of anilines is 1. The monoisotopic (exact) mass is 467 g/mol. The molecule has 5 nitrogen and oxygen atoms in total. The highest BCUT2D eigenvalue weighted by atomic mass is 35.5. The molecule has 7 rings (SSSR count). The van der Waals surface area contributed by atoms with E-state index in [4.69, 9.17) is 27.9 Å². The summed E-state index contributed by atoms with van der Waals surface area (Å²) in [6.45, 7) is -0.205. The van der Waals surface area contributed by atoms with E-state index in [2.05, 4.69) is 12.2 Å². The maximum atomic E-state index is 13.2. The Balaban J connectivity index is 1.16. The number of halogens is 2. The number of hydrogen-bond donors (Lipinski definition) is 0. The molecule has 2 aromatic carbocycles. The highest BCUT2D eigenvalue weighted by molar-refractivity contribution is 6.36. The Morgan fingerprint density at radius 3 is 2.19 bits per heavy atom. The Bertz CT molecular complexity index is 1150. The van der Waals surface area contributed by atoms with Gasteiger partial charge in [0.2, 0.25) is 17.6 Å². The number of benzene rings is 2. The summed E-state index contributed by atoms with van der Waals surface area (Å²) >= 11 is 12.0. The van der Waals surface area contributed by atoms with Crippen LogP contribution >= 0.6 is 23.2 Å². The summed E-state index contributed by atoms with van der Waals surface area (Å²) in [5.41, 5.74) is 0.840. The standard InChI is InChI=1S/C25H19Cl2NO4/c26-12-1-8-20(27)19(9-12)21(29)11-32-14-4-2-13(3-5-14)28-24(30)22-15-6-7-16(18-10-17(15)18)23(22)25(28)31/h1-9,15-18,22-23H,10-11H2. The van der Waals surface area contributed by atoms with Crippen LogP contribution in [0.3, 0.4) is 0 Å². The summed E-state index contributed by atoms with van der Waals surface area (Å²) in [4.78, 5) is 40.1. The Morgan fingerprint density at radius 1 is 0.938 bits per heavy atom. The van der Waals surface area contributed by atoms with Crippen LogP contribution in [-0.2, 0) is 9.59 Å². The second kappa shape index (κ2) is 7.19. The highest BCUT2D eigenvalue weighted by Gasteiger charge is 2.67. The average Bonchev–Trinajstić information content (AvgIpc) is 3.58. The van der Waals surface area contributed by atoms with Gasteiger partial charge in [0.25, 0.3) is 0 Å². The van der Waals surface area contributed by atoms with Gasteiger partial charge in [-0.2, -0.15) is 0 Å². The summed E-state index contributed by atoms with van der Waals surface area (Å²) in [5, 5.41) is 0.732. The van der Waals surface area contributed by atoms with Gasteiger partial charge in [-0.1, -0.05) is 35.4 Å². The normalized spacial score (nSPS) is 31.5. The molecule has 0 aromatic heterocycles. The van der Waals surface area contributed by atoms with Gasteiger partial charge in [0.1, 0.15) is 5.75 Å². The molecule has 0 N–H and O–H groups in total. The molecule has 3 fully saturated rings. The van der Waals surface area contributed by atoms with Gasteiger partial charge >= 0.3 is 0 Å². The summed E-state index contributed by atoms with van der Waals surface area (Å²) in [6, 6.07) is 11.4. The van der Waals surface area contributed by atoms with Gasteiger partial charge in [-0.05, 0) is 72.6 Å². The van der Waals surface area contributed by atoms with Gasteiger partial charge in [-0.3, -0.25) is 19.3 Å². The number of nitrogens with zero attached hydrogens (tertiary/aromatic N) is 1. The molecular formula is C25H19Cl2NO4.